The normalized spacial score (nSPS) is 10.3. The van der Waals surface area contributed by atoms with Crippen molar-refractivity contribution in [2.24, 2.45) is 0 Å². The third-order valence-corrected chi connectivity index (χ3v) is 4.74. The van der Waals surface area contributed by atoms with Gasteiger partial charge < -0.3 is 5.32 Å². The molecule has 104 valence electrons. The van der Waals surface area contributed by atoms with Gasteiger partial charge in [0.1, 0.15) is 11.0 Å². The van der Waals surface area contributed by atoms with Crippen LogP contribution in [0.5, 0.6) is 0 Å². The van der Waals surface area contributed by atoms with Gasteiger partial charge in [0.05, 0.1) is 10.7 Å². The molecule has 0 saturated heterocycles. The van der Waals surface area contributed by atoms with Crippen molar-refractivity contribution in [3.8, 4) is 0 Å². The van der Waals surface area contributed by atoms with Crippen LogP contribution in [-0.4, -0.2) is 15.7 Å². The molecule has 0 aliphatic rings. The number of nitrogens with one attached hydrogen (secondary N) is 1. The number of rotatable bonds is 3. The van der Waals surface area contributed by atoms with Crippen LogP contribution in [0, 0.1) is 0 Å². The average Bonchev–Trinajstić information content (AvgIpc) is 2.39. The minimum Gasteiger partial charge on any atom is -0.324 e. The molecule has 1 aromatic heterocycles. The Hall–Kier alpha value is -0.990. The van der Waals surface area contributed by atoms with Gasteiger partial charge in [0.15, 0.2) is 0 Å². The smallest absolute Gasteiger partial charge is 0.282 e. The van der Waals surface area contributed by atoms with Crippen molar-refractivity contribution in [3.05, 3.63) is 54.2 Å². The van der Waals surface area contributed by atoms with Gasteiger partial charge in [0, 0.05) is 10.2 Å². The van der Waals surface area contributed by atoms with E-state index in [9.17, 15) is 9.59 Å². The first-order valence-electron chi connectivity index (χ1n) is 5.44. The quantitative estimate of drug-likeness (QED) is 0.757. The van der Waals surface area contributed by atoms with Crippen LogP contribution in [-0.2, 0) is 11.3 Å². The predicted molar refractivity (Wildman–Crippen MR) is 86.7 cm³/mol. The number of nitrogens with zero attached hydrogens (tertiary/aromatic N) is 2. The molecule has 0 bridgehead atoms. The Kier molecular flexibility index (Phi) is 5.11. The summed E-state index contributed by atoms with van der Waals surface area (Å²) in [5.41, 5.74) is 0.275. The van der Waals surface area contributed by atoms with Crippen LogP contribution >= 0.6 is 47.8 Å². The van der Waals surface area contributed by atoms with E-state index in [0.717, 1.165) is 9.15 Å². The second-order valence-corrected chi connectivity index (χ2v) is 6.39. The zero-order valence-electron chi connectivity index (χ0n) is 9.94. The average molecular weight is 466 g/mol. The first-order valence-corrected chi connectivity index (χ1v) is 7.82. The van der Waals surface area contributed by atoms with Crippen molar-refractivity contribution in [1.82, 2.24) is 9.78 Å². The van der Waals surface area contributed by atoms with Gasteiger partial charge in [-0.2, -0.15) is 5.10 Å². The van der Waals surface area contributed by atoms with Crippen molar-refractivity contribution in [2.45, 2.75) is 6.54 Å². The molecule has 8 heteroatoms. The fraction of sp³-hybridized carbons (Fsp3) is 0.0833. The van der Waals surface area contributed by atoms with Gasteiger partial charge in [0.25, 0.3) is 5.56 Å². The lowest BCUT2D eigenvalue weighted by atomic mass is 10.3. The highest BCUT2D eigenvalue weighted by atomic mass is 79.9. The van der Waals surface area contributed by atoms with E-state index in [1.807, 2.05) is 6.07 Å². The topological polar surface area (TPSA) is 64.0 Å². The molecule has 1 aromatic carbocycles. The highest BCUT2D eigenvalue weighted by Gasteiger charge is 2.10. The van der Waals surface area contributed by atoms with Gasteiger partial charge in [0.2, 0.25) is 5.91 Å². The summed E-state index contributed by atoms with van der Waals surface area (Å²) in [6.07, 6.45) is 1.46. The molecule has 0 fully saturated rings. The zero-order chi connectivity index (χ0) is 14.7. The van der Waals surface area contributed by atoms with Gasteiger partial charge in [-0.3, -0.25) is 9.59 Å². The van der Waals surface area contributed by atoms with Crippen LogP contribution in [0.2, 0.25) is 0 Å². The maximum absolute atomic E-state index is 11.9. The summed E-state index contributed by atoms with van der Waals surface area (Å²) in [7, 11) is 0. The first-order chi connectivity index (χ1) is 9.47. The molecule has 1 N–H and O–H groups in total. The molecule has 2 aromatic rings. The number of aromatic nitrogens is 2. The van der Waals surface area contributed by atoms with Crippen LogP contribution in [0.3, 0.4) is 0 Å². The van der Waals surface area contributed by atoms with Gasteiger partial charge in [-0.25, -0.2) is 4.68 Å². The van der Waals surface area contributed by atoms with Gasteiger partial charge in [-0.1, -0.05) is 22.0 Å². The number of carbonyl (C=O) groups excluding carboxylic acids is 1. The standard InChI is InChI=1S/C12H8Br3N3O2/c13-7-2-1-3-8(4-7)17-10(19)6-18-12(20)11(15)9(14)5-16-18/h1-5H,6H2,(H,17,19). The summed E-state index contributed by atoms with van der Waals surface area (Å²) >= 11 is 9.64. The number of anilines is 1. The van der Waals surface area contributed by atoms with Crippen LogP contribution in [0.1, 0.15) is 0 Å². The van der Waals surface area contributed by atoms with Crippen molar-refractivity contribution in [2.75, 3.05) is 5.32 Å². The Morgan fingerprint density at radius 3 is 2.75 bits per heavy atom. The Labute approximate surface area is 139 Å². The number of halogens is 3. The molecule has 1 amide bonds. The summed E-state index contributed by atoms with van der Waals surface area (Å²) in [6, 6.07) is 7.19. The molecule has 0 radical (unpaired) electrons. The predicted octanol–water partition coefficient (Wildman–Crippen LogP) is 3.17. The maximum Gasteiger partial charge on any atom is 0.282 e. The SMILES string of the molecule is O=C(Cn1ncc(Br)c(Br)c1=O)Nc1cccc(Br)c1. The Balaban J connectivity index is 2.13. The summed E-state index contributed by atoms with van der Waals surface area (Å²) in [4.78, 5) is 23.8. The molecule has 0 saturated carbocycles. The van der Waals surface area contributed by atoms with E-state index in [1.165, 1.54) is 6.20 Å². The second kappa shape index (κ2) is 6.64. The maximum atomic E-state index is 11.9. The minimum atomic E-state index is -0.372. The Morgan fingerprint density at radius 1 is 1.30 bits per heavy atom. The molecule has 0 spiro atoms. The van der Waals surface area contributed by atoms with Crippen LogP contribution in [0.4, 0.5) is 5.69 Å². The molecule has 2 rings (SSSR count). The molecule has 0 atom stereocenters. The van der Waals surface area contributed by atoms with Crippen LogP contribution in [0.15, 0.2) is 48.7 Å². The number of hydrogen-bond donors (Lipinski definition) is 1. The summed E-state index contributed by atoms with van der Waals surface area (Å²) in [5, 5.41) is 6.59. The van der Waals surface area contributed by atoms with Crippen molar-refractivity contribution in [3.63, 3.8) is 0 Å². The van der Waals surface area contributed by atoms with E-state index in [2.05, 4.69) is 58.2 Å². The van der Waals surface area contributed by atoms with E-state index in [-0.39, 0.29) is 18.0 Å². The minimum absolute atomic E-state index is 0.156. The molecule has 20 heavy (non-hydrogen) atoms. The highest BCUT2D eigenvalue weighted by molar-refractivity contribution is 9.13. The Morgan fingerprint density at radius 2 is 2.05 bits per heavy atom. The lowest BCUT2D eigenvalue weighted by molar-refractivity contribution is -0.117. The van der Waals surface area contributed by atoms with Crippen molar-refractivity contribution < 1.29 is 4.79 Å². The second-order valence-electron chi connectivity index (χ2n) is 3.83. The third kappa shape index (κ3) is 3.77. The van der Waals surface area contributed by atoms with Gasteiger partial charge in [-0.15, -0.1) is 0 Å². The van der Waals surface area contributed by atoms with Crippen LogP contribution < -0.4 is 10.9 Å². The van der Waals surface area contributed by atoms with Gasteiger partial charge >= 0.3 is 0 Å². The molecule has 0 unspecified atom stereocenters. The lowest BCUT2D eigenvalue weighted by Crippen LogP contribution is -2.30. The molecule has 0 aliphatic carbocycles. The number of carbonyl (C=O) groups is 1. The van der Waals surface area contributed by atoms with E-state index < -0.39 is 0 Å². The molecule has 1 heterocycles. The van der Waals surface area contributed by atoms with E-state index >= 15 is 0 Å². The molecule has 5 nitrogen and oxygen atoms in total. The number of amides is 1. The number of benzene rings is 1. The fourth-order valence-electron chi connectivity index (χ4n) is 1.46. The third-order valence-electron chi connectivity index (χ3n) is 2.34. The molecular formula is C12H8Br3N3O2. The van der Waals surface area contributed by atoms with Crippen molar-refractivity contribution in [1.29, 1.82) is 0 Å². The molecule has 0 aliphatic heterocycles. The van der Waals surface area contributed by atoms with E-state index in [4.69, 9.17) is 0 Å². The number of hydrogen-bond acceptors (Lipinski definition) is 3. The lowest BCUT2D eigenvalue weighted by Gasteiger charge is -2.07. The highest BCUT2D eigenvalue weighted by Crippen LogP contribution is 2.17. The summed E-state index contributed by atoms with van der Waals surface area (Å²) in [6.45, 7) is -0.156. The monoisotopic (exact) mass is 463 g/mol. The largest absolute Gasteiger partial charge is 0.324 e. The zero-order valence-corrected chi connectivity index (χ0v) is 14.7. The summed E-state index contributed by atoms with van der Waals surface area (Å²) < 4.78 is 2.83. The Bertz CT molecular complexity index is 715. The summed E-state index contributed by atoms with van der Waals surface area (Å²) in [5.74, 6) is -0.327. The van der Waals surface area contributed by atoms with Crippen molar-refractivity contribution >= 4 is 59.4 Å². The molecular weight excluding hydrogens is 458 g/mol. The van der Waals surface area contributed by atoms with E-state index in [1.54, 1.807) is 18.2 Å². The first kappa shape index (κ1) is 15.4. The fourth-order valence-corrected chi connectivity index (χ4v) is 2.43. The van der Waals surface area contributed by atoms with Crippen LogP contribution in [0.25, 0.3) is 0 Å². The van der Waals surface area contributed by atoms with Gasteiger partial charge in [-0.05, 0) is 50.1 Å². The van der Waals surface area contributed by atoms with E-state index in [0.29, 0.717) is 14.6 Å².